The summed E-state index contributed by atoms with van der Waals surface area (Å²) in [6.07, 6.45) is 0. The molecule has 1 aromatic heterocycles. The van der Waals surface area contributed by atoms with Crippen molar-refractivity contribution in [3.05, 3.63) is 186 Å². The minimum absolute atomic E-state index is 0.161. The first kappa shape index (κ1) is 33.4. The van der Waals surface area contributed by atoms with Gasteiger partial charge in [-0.2, -0.15) is 5.26 Å². The average molecular weight is 759 g/mol. The summed E-state index contributed by atoms with van der Waals surface area (Å²) < 4.78 is 2.58. The summed E-state index contributed by atoms with van der Waals surface area (Å²) in [6, 6.07) is 60.8. The van der Waals surface area contributed by atoms with E-state index in [9.17, 15) is 5.26 Å². The van der Waals surface area contributed by atoms with Crippen LogP contribution in [-0.4, -0.2) is 0 Å². The van der Waals surface area contributed by atoms with E-state index in [1.165, 1.54) is 86.2 Å². The summed E-state index contributed by atoms with van der Waals surface area (Å²) in [7, 11) is 0. The van der Waals surface area contributed by atoms with Crippen molar-refractivity contribution >= 4 is 70.1 Å². The van der Waals surface area contributed by atoms with Crippen molar-refractivity contribution in [2.45, 2.75) is 38.5 Å². The molecule has 0 saturated heterocycles. The van der Waals surface area contributed by atoms with E-state index in [2.05, 4.69) is 196 Å². The van der Waals surface area contributed by atoms with E-state index < -0.39 is 0 Å². The molecule has 9 aromatic carbocycles. The Labute approximate surface area is 342 Å². The van der Waals surface area contributed by atoms with Crippen LogP contribution in [0.5, 0.6) is 0 Å². The molecule has 3 heteroatoms. The lowest BCUT2D eigenvalue weighted by Crippen LogP contribution is -2.18. The van der Waals surface area contributed by atoms with E-state index >= 15 is 0 Å². The molecular formula is C55H38N2S. The van der Waals surface area contributed by atoms with E-state index in [4.69, 9.17) is 0 Å². The fourth-order valence-corrected chi connectivity index (χ4v) is 11.8. The molecule has 12 rings (SSSR count). The van der Waals surface area contributed by atoms with Crippen molar-refractivity contribution in [3.8, 4) is 39.4 Å². The van der Waals surface area contributed by atoms with Crippen molar-refractivity contribution in [2.24, 2.45) is 0 Å². The molecular weight excluding hydrogens is 721 g/mol. The SMILES string of the molecule is CC1(C)c2ccccc2-c2ccc(N(c3cc(C#N)cc(-c4cc5sc6cccc7c8ccccc8c(c4)c5c67)c3)c3ccc4c(c3)C(C)(C)c3ccccc3-4)cc21. The van der Waals surface area contributed by atoms with Crippen LogP contribution in [-0.2, 0) is 10.8 Å². The maximum Gasteiger partial charge on any atom is 0.0992 e. The second kappa shape index (κ2) is 11.7. The summed E-state index contributed by atoms with van der Waals surface area (Å²) in [6.45, 7) is 9.36. The molecule has 0 aliphatic heterocycles. The second-order valence-corrected chi connectivity index (χ2v) is 18.3. The Morgan fingerprint density at radius 3 is 1.60 bits per heavy atom. The molecule has 2 nitrogen and oxygen atoms in total. The normalized spacial score (nSPS) is 14.5. The molecule has 0 fully saturated rings. The number of benzene rings is 9. The molecule has 0 atom stereocenters. The highest BCUT2D eigenvalue weighted by atomic mass is 32.1. The Morgan fingerprint density at radius 2 is 0.966 bits per heavy atom. The number of hydrogen-bond donors (Lipinski definition) is 0. The monoisotopic (exact) mass is 758 g/mol. The van der Waals surface area contributed by atoms with Gasteiger partial charge in [-0.15, -0.1) is 11.3 Å². The first-order valence-corrected chi connectivity index (χ1v) is 21.0. The largest absolute Gasteiger partial charge is 0.310 e. The predicted octanol–water partition coefficient (Wildman–Crippen LogP) is 15.4. The van der Waals surface area contributed by atoms with Crippen molar-refractivity contribution < 1.29 is 0 Å². The van der Waals surface area contributed by atoms with Crippen molar-refractivity contribution in [3.63, 3.8) is 0 Å². The molecule has 0 saturated carbocycles. The van der Waals surface area contributed by atoms with Gasteiger partial charge in [-0.1, -0.05) is 125 Å². The van der Waals surface area contributed by atoms with E-state index in [0.717, 1.165) is 28.2 Å². The number of rotatable bonds is 4. The summed E-state index contributed by atoms with van der Waals surface area (Å²) in [5, 5.41) is 18.5. The zero-order valence-electron chi connectivity index (χ0n) is 32.8. The van der Waals surface area contributed by atoms with Crippen LogP contribution in [0.15, 0.2) is 158 Å². The van der Waals surface area contributed by atoms with Crippen LogP contribution in [0.2, 0.25) is 0 Å². The standard InChI is InChI=1S/C55H38N2S/c1-54(2)46-17-9-7-14-40(46)42-22-20-35(29-48(42)54)57(36-21-23-43-41-15-8-10-18-47(41)55(3,4)49(43)30-36)37-25-32(31-56)24-33(26-37)34-27-45-39-13-6-5-12-38(39)44-16-11-19-50-52(44)53(45)51(28-34)58-50/h5-30H,1-4H3. The summed E-state index contributed by atoms with van der Waals surface area (Å²) in [5.41, 5.74) is 16.1. The smallest absolute Gasteiger partial charge is 0.0992 e. The lowest BCUT2D eigenvalue weighted by atomic mass is 9.82. The lowest BCUT2D eigenvalue weighted by molar-refractivity contribution is 0.660. The predicted molar refractivity (Wildman–Crippen MR) is 245 cm³/mol. The Kier molecular flexibility index (Phi) is 6.72. The molecule has 1 heterocycles. The highest BCUT2D eigenvalue weighted by molar-refractivity contribution is 7.26. The van der Waals surface area contributed by atoms with Gasteiger partial charge in [0.2, 0.25) is 0 Å². The quantitative estimate of drug-likeness (QED) is 0.167. The number of nitrogens with zero attached hydrogens (tertiary/aromatic N) is 2. The van der Waals surface area contributed by atoms with Crippen LogP contribution in [0.1, 0.15) is 55.5 Å². The van der Waals surface area contributed by atoms with Crippen LogP contribution in [0.3, 0.4) is 0 Å². The number of hydrogen-bond acceptors (Lipinski definition) is 3. The molecule has 2 aliphatic rings. The van der Waals surface area contributed by atoms with E-state index in [1.54, 1.807) is 0 Å². The van der Waals surface area contributed by atoms with E-state index in [-0.39, 0.29) is 10.8 Å². The van der Waals surface area contributed by atoms with Gasteiger partial charge < -0.3 is 4.90 Å². The third-order valence-electron chi connectivity index (χ3n) is 13.4. The van der Waals surface area contributed by atoms with Gasteiger partial charge >= 0.3 is 0 Å². The molecule has 274 valence electrons. The molecule has 2 aliphatic carbocycles. The molecule has 0 N–H and O–H groups in total. The highest BCUT2D eigenvalue weighted by Gasteiger charge is 2.38. The summed E-state index contributed by atoms with van der Waals surface area (Å²) in [4.78, 5) is 2.38. The minimum atomic E-state index is -0.161. The van der Waals surface area contributed by atoms with Gasteiger partial charge in [0.25, 0.3) is 0 Å². The second-order valence-electron chi connectivity index (χ2n) is 17.2. The first-order valence-electron chi connectivity index (χ1n) is 20.1. The van der Waals surface area contributed by atoms with Crippen LogP contribution in [0, 0.1) is 11.3 Å². The van der Waals surface area contributed by atoms with Crippen molar-refractivity contribution in [1.29, 1.82) is 5.26 Å². The number of anilines is 3. The zero-order valence-corrected chi connectivity index (χ0v) is 33.6. The van der Waals surface area contributed by atoms with Gasteiger partial charge in [0.1, 0.15) is 0 Å². The van der Waals surface area contributed by atoms with E-state index in [1.807, 2.05) is 11.3 Å². The van der Waals surface area contributed by atoms with Crippen LogP contribution >= 0.6 is 11.3 Å². The fraction of sp³-hybridized carbons (Fsp3) is 0.109. The summed E-state index contributed by atoms with van der Waals surface area (Å²) >= 11 is 1.86. The maximum absolute atomic E-state index is 10.7. The van der Waals surface area contributed by atoms with Crippen LogP contribution in [0.4, 0.5) is 17.1 Å². The third kappa shape index (κ3) is 4.47. The van der Waals surface area contributed by atoms with Gasteiger partial charge in [0, 0.05) is 48.1 Å². The third-order valence-corrected chi connectivity index (χ3v) is 14.5. The van der Waals surface area contributed by atoms with Gasteiger partial charge in [-0.05, 0) is 138 Å². The number of fused-ring (bicyclic) bond motifs is 9. The number of nitriles is 1. The molecule has 0 spiro atoms. The fourth-order valence-electron chi connectivity index (χ4n) is 10.6. The van der Waals surface area contributed by atoms with Gasteiger partial charge in [0.15, 0.2) is 0 Å². The molecule has 0 unspecified atom stereocenters. The maximum atomic E-state index is 10.7. The molecule has 58 heavy (non-hydrogen) atoms. The number of thiophene rings is 1. The lowest BCUT2D eigenvalue weighted by Gasteiger charge is -2.30. The van der Waals surface area contributed by atoms with Crippen molar-refractivity contribution in [1.82, 2.24) is 0 Å². The van der Waals surface area contributed by atoms with Gasteiger partial charge in [0.05, 0.1) is 11.6 Å². The molecule has 10 aromatic rings. The van der Waals surface area contributed by atoms with Crippen LogP contribution < -0.4 is 4.90 Å². The molecule has 0 amide bonds. The van der Waals surface area contributed by atoms with Crippen molar-refractivity contribution in [2.75, 3.05) is 4.90 Å². The highest BCUT2D eigenvalue weighted by Crippen LogP contribution is 2.54. The van der Waals surface area contributed by atoms with Crippen LogP contribution in [0.25, 0.3) is 75.1 Å². The topological polar surface area (TPSA) is 27.0 Å². The average Bonchev–Trinajstić information content (AvgIpc) is 3.83. The Hall–Kier alpha value is -6.73. The molecule has 0 bridgehead atoms. The minimum Gasteiger partial charge on any atom is -0.310 e. The summed E-state index contributed by atoms with van der Waals surface area (Å²) in [5.74, 6) is 0. The van der Waals surface area contributed by atoms with Gasteiger partial charge in [-0.25, -0.2) is 0 Å². The van der Waals surface area contributed by atoms with E-state index in [0.29, 0.717) is 5.56 Å². The Morgan fingerprint density at radius 1 is 0.431 bits per heavy atom. The molecule has 0 radical (unpaired) electrons. The van der Waals surface area contributed by atoms with Gasteiger partial charge in [-0.3, -0.25) is 0 Å². The Bertz CT molecular complexity index is 3320. The Balaban J connectivity index is 1.10. The zero-order chi connectivity index (χ0) is 39.1. The first-order chi connectivity index (χ1) is 28.2.